The Labute approximate surface area is 74.3 Å². The summed E-state index contributed by atoms with van der Waals surface area (Å²) < 4.78 is 0. The highest BCUT2D eigenvalue weighted by Gasteiger charge is 2.48. The van der Waals surface area contributed by atoms with Crippen LogP contribution >= 0.6 is 12.4 Å². The summed E-state index contributed by atoms with van der Waals surface area (Å²) in [6.45, 7) is 2.68. The van der Waals surface area contributed by atoms with Gasteiger partial charge in [-0.05, 0) is 56.0 Å². The van der Waals surface area contributed by atoms with Crippen molar-refractivity contribution >= 4 is 12.4 Å². The second-order valence-electron chi connectivity index (χ2n) is 4.32. The predicted molar refractivity (Wildman–Crippen MR) is 47.9 cm³/mol. The van der Waals surface area contributed by atoms with E-state index < -0.39 is 0 Å². The van der Waals surface area contributed by atoms with Crippen LogP contribution in [0.25, 0.3) is 0 Å². The second kappa shape index (κ2) is 2.63. The van der Waals surface area contributed by atoms with E-state index in [1.807, 2.05) is 0 Å². The molecule has 11 heavy (non-hydrogen) atoms. The fraction of sp³-hybridized carbons (Fsp3) is 1.00. The number of nitrogens with one attached hydrogen (secondary N) is 1. The van der Waals surface area contributed by atoms with Gasteiger partial charge in [0.2, 0.25) is 0 Å². The summed E-state index contributed by atoms with van der Waals surface area (Å²) in [5.74, 6) is 4.45. The molecule has 1 N–H and O–H groups in total. The first kappa shape index (κ1) is 7.88. The average Bonchev–Trinajstić information content (AvgIpc) is 2.60. The molecule has 3 aliphatic rings. The Hall–Kier alpha value is 0.250. The molecule has 64 valence electrons. The monoisotopic (exact) mass is 173 g/mol. The Kier molecular flexibility index (Phi) is 1.89. The van der Waals surface area contributed by atoms with Gasteiger partial charge in [0.1, 0.15) is 0 Å². The molecular weight excluding hydrogens is 158 g/mol. The minimum atomic E-state index is 0. The number of hydrogen-bond donors (Lipinski definition) is 1. The Bertz CT molecular complexity index is 144. The van der Waals surface area contributed by atoms with Crippen LogP contribution in [-0.4, -0.2) is 13.1 Å². The van der Waals surface area contributed by atoms with Gasteiger partial charge in [-0.3, -0.25) is 0 Å². The molecule has 3 fully saturated rings. The van der Waals surface area contributed by atoms with Crippen LogP contribution in [0.3, 0.4) is 0 Å². The molecule has 2 bridgehead atoms. The van der Waals surface area contributed by atoms with E-state index in [1.54, 1.807) is 19.3 Å². The minimum absolute atomic E-state index is 0. The minimum Gasteiger partial charge on any atom is -0.316 e. The van der Waals surface area contributed by atoms with Gasteiger partial charge in [0.25, 0.3) is 0 Å². The molecular formula is C9H16ClN. The van der Waals surface area contributed by atoms with E-state index in [0.29, 0.717) is 0 Å². The third-order valence-corrected chi connectivity index (χ3v) is 4.03. The maximum Gasteiger partial charge on any atom is -0.00145 e. The second-order valence-corrected chi connectivity index (χ2v) is 4.32. The van der Waals surface area contributed by atoms with E-state index in [-0.39, 0.29) is 12.4 Å². The van der Waals surface area contributed by atoms with Gasteiger partial charge in [0.05, 0.1) is 0 Å². The molecule has 4 atom stereocenters. The molecule has 0 spiro atoms. The van der Waals surface area contributed by atoms with E-state index in [4.69, 9.17) is 0 Å². The SMILES string of the molecule is C1NCC2C1[C@@H]1CC[C@H]2C1.Cl. The van der Waals surface area contributed by atoms with Crippen LogP contribution in [0, 0.1) is 23.7 Å². The van der Waals surface area contributed by atoms with Crippen LogP contribution in [0.2, 0.25) is 0 Å². The van der Waals surface area contributed by atoms with Crippen molar-refractivity contribution in [3.8, 4) is 0 Å². The van der Waals surface area contributed by atoms with Gasteiger partial charge in [-0.15, -0.1) is 12.4 Å². The number of fused-ring (bicyclic) bond motifs is 5. The lowest BCUT2D eigenvalue weighted by atomic mass is 9.82. The summed E-state index contributed by atoms with van der Waals surface area (Å²) >= 11 is 0. The molecule has 1 aliphatic heterocycles. The first-order valence-electron chi connectivity index (χ1n) is 4.66. The zero-order valence-electron chi connectivity index (χ0n) is 6.75. The number of hydrogen-bond acceptors (Lipinski definition) is 1. The summed E-state index contributed by atoms with van der Waals surface area (Å²) in [5.41, 5.74) is 0. The topological polar surface area (TPSA) is 12.0 Å². The number of rotatable bonds is 0. The Morgan fingerprint density at radius 3 is 2.00 bits per heavy atom. The summed E-state index contributed by atoms with van der Waals surface area (Å²) in [6, 6.07) is 0. The molecule has 1 saturated heterocycles. The van der Waals surface area contributed by atoms with Gasteiger partial charge >= 0.3 is 0 Å². The first-order valence-corrected chi connectivity index (χ1v) is 4.66. The van der Waals surface area contributed by atoms with Crippen LogP contribution in [0.15, 0.2) is 0 Å². The van der Waals surface area contributed by atoms with Crippen molar-refractivity contribution in [3.05, 3.63) is 0 Å². The zero-order valence-corrected chi connectivity index (χ0v) is 7.57. The summed E-state index contributed by atoms with van der Waals surface area (Å²) in [7, 11) is 0. The fourth-order valence-electron chi connectivity index (χ4n) is 3.58. The van der Waals surface area contributed by atoms with Crippen molar-refractivity contribution in [3.63, 3.8) is 0 Å². The van der Waals surface area contributed by atoms with Gasteiger partial charge in [0.15, 0.2) is 0 Å². The molecule has 2 aliphatic carbocycles. The maximum absolute atomic E-state index is 3.53. The molecule has 0 aromatic heterocycles. The molecule has 0 aromatic rings. The van der Waals surface area contributed by atoms with Crippen LogP contribution in [-0.2, 0) is 0 Å². The predicted octanol–water partition coefficient (Wildman–Crippen LogP) is 1.67. The van der Waals surface area contributed by atoms with Crippen molar-refractivity contribution < 1.29 is 0 Å². The van der Waals surface area contributed by atoms with Crippen LogP contribution in [0.1, 0.15) is 19.3 Å². The van der Waals surface area contributed by atoms with Crippen molar-refractivity contribution in [1.82, 2.24) is 5.32 Å². The third kappa shape index (κ3) is 0.940. The molecule has 0 radical (unpaired) electrons. The Morgan fingerprint density at radius 2 is 1.45 bits per heavy atom. The molecule has 1 nitrogen and oxygen atoms in total. The van der Waals surface area contributed by atoms with E-state index in [2.05, 4.69) is 5.32 Å². The Balaban J connectivity index is 0.000000480. The summed E-state index contributed by atoms with van der Waals surface area (Å²) in [5, 5.41) is 3.53. The van der Waals surface area contributed by atoms with Gasteiger partial charge in [-0.1, -0.05) is 0 Å². The van der Waals surface area contributed by atoms with Gasteiger partial charge in [0, 0.05) is 0 Å². The van der Waals surface area contributed by atoms with Crippen molar-refractivity contribution in [2.24, 2.45) is 23.7 Å². The van der Waals surface area contributed by atoms with E-state index in [0.717, 1.165) is 23.7 Å². The first-order chi connectivity index (χ1) is 4.95. The standard InChI is InChI=1S/C9H15N.ClH/c1-2-7-3-6(1)8-4-10-5-9(7)8;/h6-10H,1-5H2;1H/t6-,7+,8?,9?;. The molecule has 2 unspecified atom stereocenters. The Morgan fingerprint density at radius 1 is 0.909 bits per heavy atom. The molecule has 1 heterocycles. The highest BCUT2D eigenvalue weighted by molar-refractivity contribution is 5.85. The fourth-order valence-corrected chi connectivity index (χ4v) is 3.58. The van der Waals surface area contributed by atoms with Gasteiger partial charge in [-0.2, -0.15) is 0 Å². The van der Waals surface area contributed by atoms with Crippen molar-refractivity contribution in [2.75, 3.05) is 13.1 Å². The maximum atomic E-state index is 3.53. The highest BCUT2D eigenvalue weighted by atomic mass is 35.5. The van der Waals surface area contributed by atoms with E-state index >= 15 is 0 Å². The lowest BCUT2D eigenvalue weighted by Gasteiger charge is -2.22. The van der Waals surface area contributed by atoms with Crippen molar-refractivity contribution in [2.45, 2.75) is 19.3 Å². The third-order valence-electron chi connectivity index (χ3n) is 4.03. The van der Waals surface area contributed by atoms with E-state index in [1.165, 1.54) is 13.1 Å². The number of halogens is 1. The van der Waals surface area contributed by atoms with Crippen LogP contribution in [0.5, 0.6) is 0 Å². The summed E-state index contributed by atoms with van der Waals surface area (Å²) in [6.07, 6.45) is 4.68. The summed E-state index contributed by atoms with van der Waals surface area (Å²) in [4.78, 5) is 0. The van der Waals surface area contributed by atoms with Crippen molar-refractivity contribution in [1.29, 1.82) is 0 Å². The molecule has 3 rings (SSSR count). The molecule has 0 amide bonds. The van der Waals surface area contributed by atoms with Crippen LogP contribution in [0.4, 0.5) is 0 Å². The zero-order chi connectivity index (χ0) is 6.55. The van der Waals surface area contributed by atoms with Crippen LogP contribution < -0.4 is 5.32 Å². The largest absolute Gasteiger partial charge is 0.316 e. The normalized spacial score (nSPS) is 52.4. The molecule has 2 saturated carbocycles. The highest BCUT2D eigenvalue weighted by Crippen LogP contribution is 2.53. The smallest absolute Gasteiger partial charge is 0.00145 e. The van der Waals surface area contributed by atoms with Gasteiger partial charge in [-0.25, -0.2) is 0 Å². The molecule has 0 aromatic carbocycles. The van der Waals surface area contributed by atoms with Gasteiger partial charge < -0.3 is 5.32 Å². The van der Waals surface area contributed by atoms with E-state index in [9.17, 15) is 0 Å². The molecule has 2 heteroatoms. The quantitative estimate of drug-likeness (QED) is 0.588. The average molecular weight is 174 g/mol. The lowest BCUT2D eigenvalue weighted by Crippen LogP contribution is -2.19. The lowest BCUT2D eigenvalue weighted by molar-refractivity contribution is 0.281.